The molecule has 1 fully saturated rings. The van der Waals surface area contributed by atoms with Gasteiger partial charge in [0.15, 0.2) is 5.41 Å². The third-order valence-corrected chi connectivity index (χ3v) is 4.30. The molecule has 6 heteroatoms. The summed E-state index contributed by atoms with van der Waals surface area (Å²) in [5.41, 5.74) is -0.582. The highest BCUT2D eigenvalue weighted by atomic mass is 16.5. The molecule has 4 amide bonds. The first-order valence-electron chi connectivity index (χ1n) is 7.89. The number of nitrogens with zero attached hydrogens (tertiary/aromatic N) is 1. The molecule has 1 aliphatic heterocycles. The van der Waals surface area contributed by atoms with Crippen LogP contribution in [0.1, 0.15) is 11.1 Å². The van der Waals surface area contributed by atoms with Crippen molar-refractivity contribution in [2.75, 3.05) is 20.3 Å². The minimum atomic E-state index is -1.61. The van der Waals surface area contributed by atoms with Crippen molar-refractivity contribution in [3.63, 3.8) is 0 Å². The van der Waals surface area contributed by atoms with E-state index >= 15 is 0 Å². The molecule has 1 saturated heterocycles. The van der Waals surface area contributed by atoms with E-state index in [1.807, 2.05) is 0 Å². The molecular formula is C19H18N2O4. The van der Waals surface area contributed by atoms with Gasteiger partial charge in [-0.25, -0.2) is 4.79 Å². The van der Waals surface area contributed by atoms with Gasteiger partial charge < -0.3 is 4.74 Å². The van der Waals surface area contributed by atoms with Crippen LogP contribution in [0.15, 0.2) is 60.7 Å². The molecule has 1 N–H and O–H groups in total. The molecule has 2 aromatic carbocycles. The standard InChI is InChI=1S/C19H18N2O4/c1-25-13-12-21-17(23)19(16(22)20-18(21)24,14-8-4-2-5-9-14)15-10-6-3-7-11-15/h2-11H,12-13H2,1H3,(H,20,22,24). The summed E-state index contributed by atoms with van der Waals surface area (Å²) in [7, 11) is 1.49. The first kappa shape index (κ1) is 16.9. The Labute approximate surface area is 145 Å². The number of hydrogen-bond donors (Lipinski definition) is 1. The maximum Gasteiger partial charge on any atom is 0.330 e. The van der Waals surface area contributed by atoms with Crippen LogP contribution in [0, 0.1) is 0 Å². The zero-order chi connectivity index (χ0) is 17.9. The van der Waals surface area contributed by atoms with Gasteiger partial charge in [0.25, 0.3) is 11.8 Å². The molecule has 0 saturated carbocycles. The molecule has 0 aliphatic carbocycles. The van der Waals surface area contributed by atoms with Gasteiger partial charge in [-0.05, 0) is 11.1 Å². The first-order chi connectivity index (χ1) is 12.1. The summed E-state index contributed by atoms with van der Waals surface area (Å²) in [4.78, 5) is 39.5. The quantitative estimate of drug-likeness (QED) is 0.842. The zero-order valence-electron chi connectivity index (χ0n) is 13.8. The van der Waals surface area contributed by atoms with Crippen LogP contribution in [0.25, 0.3) is 0 Å². The Kier molecular flexibility index (Phi) is 4.63. The predicted molar refractivity (Wildman–Crippen MR) is 90.8 cm³/mol. The van der Waals surface area contributed by atoms with Gasteiger partial charge in [-0.1, -0.05) is 60.7 Å². The minimum absolute atomic E-state index is 0.0653. The van der Waals surface area contributed by atoms with Crippen molar-refractivity contribution in [2.45, 2.75) is 5.41 Å². The molecular weight excluding hydrogens is 320 g/mol. The van der Waals surface area contributed by atoms with Gasteiger partial charge in [-0.3, -0.25) is 19.8 Å². The second-order valence-electron chi connectivity index (χ2n) is 5.69. The number of rotatable bonds is 5. The van der Waals surface area contributed by atoms with E-state index in [4.69, 9.17) is 4.74 Å². The predicted octanol–water partition coefficient (Wildman–Crippen LogP) is 1.70. The molecule has 0 atom stereocenters. The zero-order valence-corrected chi connectivity index (χ0v) is 13.8. The van der Waals surface area contributed by atoms with Crippen LogP contribution in [0.5, 0.6) is 0 Å². The van der Waals surface area contributed by atoms with E-state index in [0.29, 0.717) is 11.1 Å². The second-order valence-corrected chi connectivity index (χ2v) is 5.69. The van der Waals surface area contributed by atoms with Crippen LogP contribution in [-0.4, -0.2) is 43.0 Å². The number of nitrogens with one attached hydrogen (secondary N) is 1. The van der Waals surface area contributed by atoms with Gasteiger partial charge in [0, 0.05) is 7.11 Å². The number of barbiturate groups is 1. The molecule has 0 aromatic heterocycles. The second kappa shape index (κ2) is 6.86. The fourth-order valence-corrected chi connectivity index (χ4v) is 3.09. The minimum Gasteiger partial charge on any atom is -0.383 e. The van der Waals surface area contributed by atoms with Gasteiger partial charge in [0.05, 0.1) is 13.2 Å². The van der Waals surface area contributed by atoms with E-state index in [-0.39, 0.29) is 13.2 Å². The Bertz CT molecular complexity index is 750. The molecule has 3 rings (SSSR count). The highest BCUT2D eigenvalue weighted by Gasteiger charge is 2.56. The summed E-state index contributed by atoms with van der Waals surface area (Å²) in [6, 6.07) is 16.8. The lowest BCUT2D eigenvalue weighted by molar-refractivity contribution is -0.143. The SMILES string of the molecule is COCCN1C(=O)NC(=O)C(c2ccccc2)(c2ccccc2)C1=O. The molecule has 0 spiro atoms. The molecule has 2 aromatic rings. The van der Waals surface area contributed by atoms with Gasteiger partial charge in [0.2, 0.25) is 0 Å². The van der Waals surface area contributed by atoms with Crippen molar-refractivity contribution in [3.8, 4) is 0 Å². The Balaban J connectivity index is 2.21. The molecule has 0 radical (unpaired) electrons. The van der Waals surface area contributed by atoms with E-state index in [0.717, 1.165) is 4.90 Å². The maximum atomic E-state index is 13.4. The number of amides is 4. The van der Waals surface area contributed by atoms with Gasteiger partial charge in [-0.2, -0.15) is 0 Å². The fourth-order valence-electron chi connectivity index (χ4n) is 3.09. The highest BCUT2D eigenvalue weighted by Crippen LogP contribution is 2.37. The summed E-state index contributed by atoms with van der Waals surface area (Å²) >= 11 is 0. The molecule has 1 aliphatic rings. The number of ether oxygens (including phenoxy) is 1. The lowest BCUT2D eigenvalue weighted by atomic mass is 9.71. The lowest BCUT2D eigenvalue weighted by Crippen LogP contribution is -2.66. The topological polar surface area (TPSA) is 75.7 Å². The monoisotopic (exact) mass is 338 g/mol. The third kappa shape index (κ3) is 2.70. The summed E-state index contributed by atoms with van der Waals surface area (Å²) in [5.74, 6) is -1.22. The number of methoxy groups -OCH3 is 1. The van der Waals surface area contributed by atoms with Crippen LogP contribution in [-0.2, 0) is 19.7 Å². The molecule has 1 heterocycles. The van der Waals surface area contributed by atoms with Crippen molar-refractivity contribution >= 4 is 17.8 Å². The van der Waals surface area contributed by atoms with E-state index in [1.165, 1.54) is 7.11 Å². The van der Waals surface area contributed by atoms with Crippen LogP contribution in [0.4, 0.5) is 4.79 Å². The largest absolute Gasteiger partial charge is 0.383 e. The van der Waals surface area contributed by atoms with E-state index in [2.05, 4.69) is 5.32 Å². The molecule has 0 bridgehead atoms. The Morgan fingerprint density at radius 3 is 1.92 bits per heavy atom. The van der Waals surface area contributed by atoms with Crippen LogP contribution >= 0.6 is 0 Å². The average Bonchev–Trinajstić information content (AvgIpc) is 2.64. The number of carbonyl (C=O) groups is 3. The Hall–Kier alpha value is -2.99. The normalized spacial score (nSPS) is 16.7. The van der Waals surface area contributed by atoms with Crippen LogP contribution in [0.2, 0.25) is 0 Å². The summed E-state index contributed by atoms with van der Waals surface area (Å²) in [6.07, 6.45) is 0. The summed E-state index contributed by atoms with van der Waals surface area (Å²) in [6.45, 7) is 0.253. The molecule has 0 unspecified atom stereocenters. The van der Waals surface area contributed by atoms with Gasteiger partial charge >= 0.3 is 6.03 Å². The lowest BCUT2D eigenvalue weighted by Gasteiger charge is -2.39. The maximum absolute atomic E-state index is 13.4. The van der Waals surface area contributed by atoms with Crippen molar-refractivity contribution in [1.82, 2.24) is 10.2 Å². The number of carbonyl (C=O) groups excluding carboxylic acids is 3. The summed E-state index contributed by atoms with van der Waals surface area (Å²) < 4.78 is 4.99. The van der Waals surface area contributed by atoms with E-state index < -0.39 is 23.3 Å². The van der Waals surface area contributed by atoms with E-state index in [1.54, 1.807) is 60.7 Å². The number of hydrogen-bond acceptors (Lipinski definition) is 4. The molecule has 6 nitrogen and oxygen atoms in total. The van der Waals surface area contributed by atoms with Crippen LogP contribution < -0.4 is 5.32 Å². The van der Waals surface area contributed by atoms with Gasteiger partial charge in [0.1, 0.15) is 0 Å². The van der Waals surface area contributed by atoms with E-state index in [9.17, 15) is 14.4 Å². The highest BCUT2D eigenvalue weighted by molar-refractivity contribution is 6.25. The van der Waals surface area contributed by atoms with Gasteiger partial charge in [-0.15, -0.1) is 0 Å². The average molecular weight is 338 g/mol. The number of urea groups is 1. The van der Waals surface area contributed by atoms with Crippen molar-refractivity contribution < 1.29 is 19.1 Å². The molecule has 25 heavy (non-hydrogen) atoms. The van der Waals surface area contributed by atoms with Crippen LogP contribution in [0.3, 0.4) is 0 Å². The molecule has 128 valence electrons. The Morgan fingerprint density at radius 1 is 0.920 bits per heavy atom. The first-order valence-corrected chi connectivity index (χ1v) is 7.89. The fraction of sp³-hybridized carbons (Fsp3) is 0.211. The van der Waals surface area contributed by atoms with Crippen molar-refractivity contribution in [1.29, 1.82) is 0 Å². The van der Waals surface area contributed by atoms with Crippen molar-refractivity contribution in [3.05, 3.63) is 71.8 Å². The number of benzene rings is 2. The number of imide groups is 2. The van der Waals surface area contributed by atoms with Crippen molar-refractivity contribution in [2.24, 2.45) is 0 Å². The summed E-state index contributed by atoms with van der Waals surface area (Å²) in [5, 5.41) is 2.33. The smallest absolute Gasteiger partial charge is 0.330 e. The third-order valence-electron chi connectivity index (χ3n) is 4.30. The Morgan fingerprint density at radius 2 is 1.44 bits per heavy atom.